The van der Waals surface area contributed by atoms with Gasteiger partial charge in [0.15, 0.2) is 11.5 Å². The Morgan fingerprint density at radius 3 is 2.25 bits per heavy atom. The quantitative estimate of drug-likeness (QED) is 0.805. The molecule has 2 rings (SSSR count). The number of carboxylic acids is 1. The van der Waals surface area contributed by atoms with Crippen molar-refractivity contribution in [1.29, 1.82) is 0 Å². The average molecular weight is 398 g/mol. The maximum Gasteiger partial charge on any atom is 0.337 e. The highest BCUT2D eigenvalue weighted by molar-refractivity contribution is 9.10. The lowest BCUT2D eigenvalue weighted by atomic mass is 10.1. The first kappa shape index (κ1) is 17.7. The van der Waals surface area contributed by atoms with Crippen molar-refractivity contribution in [2.45, 2.75) is 0 Å². The molecule has 2 N–H and O–H groups in total. The van der Waals surface area contributed by atoms with Crippen molar-refractivity contribution in [1.82, 2.24) is 0 Å². The topological polar surface area (TPSA) is 84.9 Å². The Labute approximate surface area is 145 Å². The van der Waals surface area contributed by atoms with Gasteiger partial charge in [-0.05, 0) is 34.1 Å². The zero-order chi connectivity index (χ0) is 17.9. The molecule has 1 amide bonds. The zero-order valence-electron chi connectivity index (χ0n) is 12.7. The number of amides is 1. The fourth-order valence-electron chi connectivity index (χ4n) is 2.02. The molecule has 0 aliphatic heterocycles. The highest BCUT2D eigenvalue weighted by Crippen LogP contribution is 2.34. The van der Waals surface area contributed by atoms with Gasteiger partial charge < -0.3 is 19.9 Å². The first-order valence-corrected chi connectivity index (χ1v) is 7.42. The number of anilines is 1. The predicted octanol–water partition coefficient (Wildman–Crippen LogP) is 3.56. The van der Waals surface area contributed by atoms with E-state index in [0.717, 1.165) is 12.1 Å². The van der Waals surface area contributed by atoms with Crippen molar-refractivity contribution in [3.63, 3.8) is 0 Å². The van der Waals surface area contributed by atoms with Gasteiger partial charge in [-0.1, -0.05) is 0 Å². The third kappa shape index (κ3) is 3.65. The highest BCUT2D eigenvalue weighted by atomic mass is 79.9. The number of benzene rings is 2. The maximum absolute atomic E-state index is 13.1. The highest BCUT2D eigenvalue weighted by Gasteiger charge is 2.19. The number of methoxy groups -OCH3 is 2. The van der Waals surface area contributed by atoms with Crippen LogP contribution in [0.2, 0.25) is 0 Å². The normalized spacial score (nSPS) is 10.2. The molecule has 6 nitrogen and oxygen atoms in total. The Kier molecular flexibility index (Phi) is 5.40. The number of carbonyl (C=O) groups is 2. The minimum absolute atomic E-state index is 0.0291. The van der Waals surface area contributed by atoms with E-state index in [1.165, 1.54) is 32.4 Å². The van der Waals surface area contributed by atoms with Gasteiger partial charge in [0.05, 0.1) is 31.0 Å². The summed E-state index contributed by atoms with van der Waals surface area (Å²) < 4.78 is 23.5. The largest absolute Gasteiger partial charge is 0.493 e. The van der Waals surface area contributed by atoms with Crippen LogP contribution in [0.3, 0.4) is 0 Å². The fourth-order valence-corrected chi connectivity index (χ4v) is 2.55. The maximum atomic E-state index is 13.1. The number of halogens is 2. The minimum atomic E-state index is -1.25. The summed E-state index contributed by atoms with van der Waals surface area (Å²) in [7, 11) is 2.76. The lowest BCUT2D eigenvalue weighted by Crippen LogP contribution is -2.16. The van der Waals surface area contributed by atoms with Gasteiger partial charge >= 0.3 is 5.97 Å². The Morgan fingerprint density at radius 2 is 1.71 bits per heavy atom. The van der Waals surface area contributed by atoms with E-state index < -0.39 is 17.7 Å². The molecule has 8 heteroatoms. The van der Waals surface area contributed by atoms with Crippen molar-refractivity contribution >= 4 is 33.5 Å². The molecule has 126 valence electrons. The molecule has 0 aliphatic rings. The number of ether oxygens (including phenoxy) is 2. The van der Waals surface area contributed by atoms with Crippen LogP contribution in [0.1, 0.15) is 20.7 Å². The van der Waals surface area contributed by atoms with Crippen LogP contribution in [-0.4, -0.2) is 31.2 Å². The van der Waals surface area contributed by atoms with Gasteiger partial charge in [0.25, 0.3) is 5.91 Å². The molecule has 2 aromatic carbocycles. The summed E-state index contributed by atoms with van der Waals surface area (Å²) in [6.07, 6.45) is 0. The summed E-state index contributed by atoms with van der Waals surface area (Å²) >= 11 is 3.10. The van der Waals surface area contributed by atoms with Crippen LogP contribution in [0, 0.1) is 5.82 Å². The summed E-state index contributed by atoms with van der Waals surface area (Å²) in [5.41, 5.74) is 0.0168. The number of carboxylic acid groups (broad SMARTS) is 1. The second-order valence-electron chi connectivity index (χ2n) is 4.64. The summed E-state index contributed by atoms with van der Waals surface area (Å²) in [6.45, 7) is 0. The average Bonchev–Trinajstić information content (AvgIpc) is 2.53. The van der Waals surface area contributed by atoms with E-state index in [-0.39, 0.29) is 32.8 Å². The molecule has 0 atom stereocenters. The van der Waals surface area contributed by atoms with Gasteiger partial charge in [-0.25, -0.2) is 9.18 Å². The molecule has 0 aromatic heterocycles. The lowest BCUT2D eigenvalue weighted by Gasteiger charge is -2.14. The molecule has 0 saturated carbocycles. The number of hydrogen-bond acceptors (Lipinski definition) is 4. The van der Waals surface area contributed by atoms with Gasteiger partial charge in [0.2, 0.25) is 0 Å². The van der Waals surface area contributed by atoms with Gasteiger partial charge in [0, 0.05) is 16.6 Å². The summed E-state index contributed by atoms with van der Waals surface area (Å²) in [4.78, 5) is 23.8. The van der Waals surface area contributed by atoms with Crippen LogP contribution >= 0.6 is 15.9 Å². The second-order valence-corrected chi connectivity index (χ2v) is 5.49. The minimum Gasteiger partial charge on any atom is -0.493 e. The second kappa shape index (κ2) is 7.31. The Hall–Kier alpha value is -2.61. The predicted molar refractivity (Wildman–Crippen MR) is 88.6 cm³/mol. The molecule has 0 heterocycles. The Balaban J connectivity index is 2.44. The summed E-state index contributed by atoms with van der Waals surface area (Å²) in [5.74, 6) is -1.87. The third-order valence-corrected chi connectivity index (χ3v) is 3.83. The number of hydrogen-bond donors (Lipinski definition) is 2. The number of nitrogens with one attached hydrogen (secondary N) is 1. The van der Waals surface area contributed by atoms with E-state index in [1.54, 1.807) is 0 Å². The molecule has 0 bridgehead atoms. The van der Waals surface area contributed by atoms with Crippen molar-refractivity contribution in [3.8, 4) is 11.5 Å². The Bertz CT molecular complexity index is 809. The SMILES string of the molecule is COc1cc(NC(=O)c2ccc(F)cc2Br)c(C(=O)O)cc1OC. The first-order valence-electron chi connectivity index (χ1n) is 6.63. The summed E-state index contributed by atoms with van der Waals surface area (Å²) in [6, 6.07) is 6.15. The van der Waals surface area contributed by atoms with Gasteiger partial charge in [-0.2, -0.15) is 0 Å². The van der Waals surface area contributed by atoms with Crippen LogP contribution < -0.4 is 14.8 Å². The third-order valence-electron chi connectivity index (χ3n) is 3.18. The van der Waals surface area contributed by atoms with Crippen LogP contribution in [0.25, 0.3) is 0 Å². The van der Waals surface area contributed by atoms with E-state index in [9.17, 15) is 19.1 Å². The zero-order valence-corrected chi connectivity index (χ0v) is 14.3. The number of aromatic carboxylic acids is 1. The molecule has 0 fully saturated rings. The van der Waals surface area contributed by atoms with Gasteiger partial charge in [0.1, 0.15) is 5.82 Å². The molecule has 0 unspecified atom stereocenters. The van der Waals surface area contributed by atoms with Crippen LogP contribution in [0.4, 0.5) is 10.1 Å². The van der Waals surface area contributed by atoms with E-state index in [4.69, 9.17) is 9.47 Å². The molecular weight excluding hydrogens is 385 g/mol. The van der Waals surface area contributed by atoms with Crippen LogP contribution in [0.5, 0.6) is 11.5 Å². The van der Waals surface area contributed by atoms with Gasteiger partial charge in [-0.3, -0.25) is 4.79 Å². The van der Waals surface area contributed by atoms with Crippen molar-refractivity contribution in [2.75, 3.05) is 19.5 Å². The molecule has 0 aliphatic carbocycles. The fraction of sp³-hybridized carbons (Fsp3) is 0.125. The number of rotatable bonds is 5. The smallest absolute Gasteiger partial charge is 0.337 e. The summed E-state index contributed by atoms with van der Waals surface area (Å²) in [5, 5.41) is 11.8. The molecule has 0 radical (unpaired) electrons. The monoisotopic (exact) mass is 397 g/mol. The van der Waals surface area contributed by atoms with Crippen LogP contribution in [0.15, 0.2) is 34.8 Å². The van der Waals surface area contributed by atoms with E-state index in [1.807, 2.05) is 0 Å². The van der Waals surface area contributed by atoms with Crippen molar-refractivity contribution in [3.05, 3.63) is 51.7 Å². The number of carbonyl (C=O) groups excluding carboxylic acids is 1. The van der Waals surface area contributed by atoms with Crippen LogP contribution in [-0.2, 0) is 0 Å². The molecule has 2 aromatic rings. The standard InChI is InChI=1S/C16H13BrFNO5/c1-23-13-6-10(16(21)22)12(7-14(13)24-2)19-15(20)9-4-3-8(18)5-11(9)17/h3-7H,1-2H3,(H,19,20)(H,21,22). The van der Waals surface area contributed by atoms with E-state index >= 15 is 0 Å². The molecule has 0 saturated heterocycles. The Morgan fingerprint density at radius 1 is 1.08 bits per heavy atom. The lowest BCUT2D eigenvalue weighted by molar-refractivity contribution is 0.0697. The van der Waals surface area contributed by atoms with Crippen molar-refractivity contribution in [2.24, 2.45) is 0 Å². The van der Waals surface area contributed by atoms with E-state index in [0.29, 0.717) is 0 Å². The van der Waals surface area contributed by atoms with Crippen molar-refractivity contribution < 1.29 is 28.6 Å². The van der Waals surface area contributed by atoms with E-state index in [2.05, 4.69) is 21.2 Å². The first-order chi connectivity index (χ1) is 11.4. The van der Waals surface area contributed by atoms with Gasteiger partial charge in [-0.15, -0.1) is 0 Å². The molecule has 24 heavy (non-hydrogen) atoms. The molecular formula is C16H13BrFNO5. The molecule has 0 spiro atoms.